The van der Waals surface area contributed by atoms with E-state index in [1.54, 1.807) is 41.5 Å². The Morgan fingerprint density at radius 3 is 2.44 bits per heavy atom. The number of sulfonamides is 1. The summed E-state index contributed by atoms with van der Waals surface area (Å²) in [6, 6.07) is 13.3. The highest BCUT2D eigenvalue weighted by Crippen LogP contribution is 2.31. The van der Waals surface area contributed by atoms with E-state index in [1.165, 1.54) is 19.1 Å². The van der Waals surface area contributed by atoms with Gasteiger partial charge in [-0.2, -0.15) is 0 Å². The topological polar surface area (TPSA) is 116 Å². The summed E-state index contributed by atoms with van der Waals surface area (Å²) in [4.78, 5) is 13.1. The Balaban J connectivity index is 1.64. The van der Waals surface area contributed by atoms with Crippen LogP contribution in [0.1, 0.15) is 6.92 Å². The molecule has 0 saturated heterocycles. The van der Waals surface area contributed by atoms with Crippen molar-refractivity contribution in [2.24, 2.45) is 0 Å². The van der Waals surface area contributed by atoms with Crippen LogP contribution < -0.4 is 10.5 Å². The van der Waals surface area contributed by atoms with Gasteiger partial charge < -0.3 is 5.73 Å². The fourth-order valence-electron chi connectivity index (χ4n) is 3.76. The fraction of sp³-hybridized carbons (Fsp3) is 0.0800. The highest BCUT2D eigenvalue weighted by atomic mass is 32.2. The number of imidazole rings is 1. The van der Waals surface area contributed by atoms with Gasteiger partial charge in [0.25, 0.3) is 0 Å². The van der Waals surface area contributed by atoms with Crippen LogP contribution in [0.5, 0.6) is 0 Å². The predicted octanol–water partition coefficient (Wildman–Crippen LogP) is 4.77. The first-order valence-electron chi connectivity index (χ1n) is 10.9. The van der Waals surface area contributed by atoms with Crippen LogP contribution in [0, 0.1) is 11.6 Å². The number of nitrogens with zero attached hydrogens (tertiary/aromatic N) is 4. The number of nitrogens with one attached hydrogen (secondary N) is 1. The average Bonchev–Trinajstić information content (AvgIpc) is 3.27. The van der Waals surface area contributed by atoms with Gasteiger partial charge in [0.15, 0.2) is 5.65 Å². The predicted molar refractivity (Wildman–Crippen MR) is 135 cm³/mol. The van der Waals surface area contributed by atoms with E-state index in [4.69, 9.17) is 5.73 Å². The van der Waals surface area contributed by atoms with Gasteiger partial charge in [-0.15, -0.1) is 0 Å². The van der Waals surface area contributed by atoms with E-state index in [9.17, 15) is 17.2 Å². The average molecular weight is 507 g/mol. The normalized spacial score (nSPS) is 11.6. The van der Waals surface area contributed by atoms with E-state index in [2.05, 4.69) is 19.7 Å². The molecule has 182 valence electrons. The van der Waals surface area contributed by atoms with Crippen LogP contribution in [0.15, 0.2) is 73.3 Å². The van der Waals surface area contributed by atoms with Crippen LogP contribution in [0.25, 0.3) is 39.1 Å². The molecule has 5 aromatic rings. The van der Waals surface area contributed by atoms with Gasteiger partial charge in [-0.25, -0.2) is 32.2 Å². The van der Waals surface area contributed by atoms with Crippen molar-refractivity contribution in [3.63, 3.8) is 0 Å². The van der Waals surface area contributed by atoms with Crippen molar-refractivity contribution >= 4 is 32.7 Å². The molecular weight excluding hydrogens is 486 g/mol. The summed E-state index contributed by atoms with van der Waals surface area (Å²) in [6.45, 7) is 1.51. The first kappa shape index (κ1) is 23.4. The van der Waals surface area contributed by atoms with Crippen molar-refractivity contribution < 1.29 is 17.2 Å². The number of aromatic nitrogens is 4. The Morgan fingerprint density at radius 1 is 0.917 bits per heavy atom. The highest BCUT2D eigenvalue weighted by Gasteiger charge is 2.15. The van der Waals surface area contributed by atoms with Crippen molar-refractivity contribution in [1.82, 2.24) is 19.5 Å². The van der Waals surface area contributed by atoms with Crippen molar-refractivity contribution in [3.8, 4) is 27.9 Å². The minimum atomic E-state index is -3.61. The fourth-order valence-corrected chi connectivity index (χ4v) is 4.39. The Kier molecular flexibility index (Phi) is 5.84. The van der Waals surface area contributed by atoms with Crippen molar-refractivity contribution in [2.45, 2.75) is 6.92 Å². The molecule has 11 heteroatoms. The lowest BCUT2D eigenvalue weighted by molar-refractivity contribution is 0.585. The minimum absolute atomic E-state index is 0.116. The van der Waals surface area contributed by atoms with E-state index in [0.29, 0.717) is 28.2 Å². The van der Waals surface area contributed by atoms with Gasteiger partial charge in [0, 0.05) is 35.2 Å². The van der Waals surface area contributed by atoms with E-state index in [1.807, 2.05) is 12.1 Å². The molecule has 0 aliphatic rings. The van der Waals surface area contributed by atoms with Crippen molar-refractivity contribution in [2.75, 3.05) is 16.2 Å². The second-order valence-corrected chi connectivity index (χ2v) is 10.1. The lowest BCUT2D eigenvalue weighted by Crippen LogP contribution is -2.15. The number of rotatable bonds is 6. The summed E-state index contributed by atoms with van der Waals surface area (Å²) in [6.07, 6.45) is 4.85. The molecule has 0 bridgehead atoms. The molecule has 0 aliphatic heterocycles. The number of benzene rings is 2. The zero-order valence-corrected chi connectivity index (χ0v) is 19.8. The monoisotopic (exact) mass is 506 g/mol. The van der Waals surface area contributed by atoms with Crippen molar-refractivity contribution in [3.05, 3.63) is 85.0 Å². The van der Waals surface area contributed by atoms with E-state index in [0.717, 1.165) is 23.3 Å². The smallest absolute Gasteiger partial charge is 0.232 e. The molecule has 0 unspecified atom stereocenters. The molecule has 36 heavy (non-hydrogen) atoms. The van der Waals surface area contributed by atoms with Crippen LogP contribution in [-0.2, 0) is 10.0 Å². The van der Waals surface area contributed by atoms with E-state index < -0.39 is 21.7 Å². The van der Waals surface area contributed by atoms with Crippen LogP contribution in [0.3, 0.4) is 0 Å². The number of nitrogens with two attached hydrogens (primary N) is 1. The molecule has 0 radical (unpaired) electrons. The van der Waals surface area contributed by atoms with Gasteiger partial charge in [0.1, 0.15) is 29.3 Å². The van der Waals surface area contributed by atoms with Gasteiger partial charge in [-0.3, -0.25) is 9.29 Å². The molecule has 2 aromatic carbocycles. The lowest BCUT2D eigenvalue weighted by Gasteiger charge is -2.13. The molecule has 0 fully saturated rings. The molecule has 0 atom stereocenters. The van der Waals surface area contributed by atoms with Crippen molar-refractivity contribution in [1.29, 1.82) is 0 Å². The number of pyridine rings is 2. The third-order valence-electron chi connectivity index (χ3n) is 5.60. The molecule has 8 nitrogen and oxygen atoms in total. The standard InChI is InChI=1S/C25H20F2N6O2S/c1-2-36(34,35)32-19-7-16(21-5-4-18(26)10-22(21)27)8-20(11-19)33-14-31-23-9-17(13-30-25(23)33)15-3-6-24(28)29-12-15/h3-14,32H,2H2,1H3,(H2,28,29). The largest absolute Gasteiger partial charge is 0.384 e. The quantitative estimate of drug-likeness (QED) is 0.343. The van der Waals surface area contributed by atoms with Gasteiger partial charge >= 0.3 is 0 Å². The Morgan fingerprint density at radius 2 is 1.72 bits per heavy atom. The molecule has 0 spiro atoms. The molecule has 0 amide bonds. The first-order chi connectivity index (χ1) is 17.2. The number of hydrogen-bond donors (Lipinski definition) is 2. The summed E-state index contributed by atoms with van der Waals surface area (Å²) in [5, 5.41) is 0. The molecule has 0 aliphatic carbocycles. The third kappa shape index (κ3) is 4.60. The maximum absolute atomic E-state index is 14.6. The highest BCUT2D eigenvalue weighted by molar-refractivity contribution is 7.92. The number of hydrogen-bond acceptors (Lipinski definition) is 6. The SMILES string of the molecule is CCS(=O)(=O)Nc1cc(-c2ccc(F)cc2F)cc(-n2cnc3cc(-c4ccc(N)nc4)cnc32)c1. The summed E-state index contributed by atoms with van der Waals surface area (Å²) in [7, 11) is -3.61. The molecular formula is C25H20F2N6O2S. The molecule has 3 heterocycles. The Labute approximate surface area is 205 Å². The molecule has 5 rings (SSSR count). The van der Waals surface area contributed by atoms with Crippen LogP contribution in [0.2, 0.25) is 0 Å². The summed E-state index contributed by atoms with van der Waals surface area (Å²) in [5.41, 5.74) is 9.54. The maximum Gasteiger partial charge on any atom is 0.232 e. The van der Waals surface area contributed by atoms with E-state index in [-0.39, 0.29) is 17.0 Å². The zero-order chi connectivity index (χ0) is 25.4. The Bertz CT molecular complexity index is 1700. The van der Waals surface area contributed by atoms with Gasteiger partial charge in [0.05, 0.1) is 17.1 Å². The number of nitrogen functional groups attached to an aromatic ring is 1. The third-order valence-corrected chi connectivity index (χ3v) is 6.91. The summed E-state index contributed by atoms with van der Waals surface area (Å²) >= 11 is 0. The lowest BCUT2D eigenvalue weighted by atomic mass is 10.0. The number of fused-ring (bicyclic) bond motifs is 1. The van der Waals surface area contributed by atoms with Gasteiger partial charge in [-0.05, 0) is 61.0 Å². The van der Waals surface area contributed by atoms with Gasteiger partial charge in [-0.1, -0.05) is 0 Å². The van der Waals surface area contributed by atoms with Gasteiger partial charge in [0.2, 0.25) is 10.0 Å². The van der Waals surface area contributed by atoms with E-state index >= 15 is 0 Å². The van der Waals surface area contributed by atoms with Crippen LogP contribution in [-0.4, -0.2) is 33.7 Å². The molecule has 3 N–H and O–H groups in total. The molecule has 3 aromatic heterocycles. The zero-order valence-electron chi connectivity index (χ0n) is 19.0. The Hall–Kier alpha value is -4.38. The summed E-state index contributed by atoms with van der Waals surface area (Å²) < 4.78 is 56.8. The molecule has 0 saturated carbocycles. The number of anilines is 2. The second kappa shape index (κ2) is 9.00. The first-order valence-corrected chi connectivity index (χ1v) is 12.5. The maximum atomic E-state index is 14.6. The minimum Gasteiger partial charge on any atom is -0.384 e. The number of halogens is 2. The summed E-state index contributed by atoms with van der Waals surface area (Å²) in [5.74, 6) is -1.22. The van der Waals surface area contributed by atoms with Crippen LogP contribution >= 0.6 is 0 Å². The second-order valence-electron chi connectivity index (χ2n) is 8.05. The van der Waals surface area contributed by atoms with Crippen LogP contribution in [0.4, 0.5) is 20.3 Å².